The molecule has 0 saturated heterocycles. The van der Waals surface area contributed by atoms with E-state index in [0.717, 1.165) is 0 Å². The number of phenols is 1. The van der Waals surface area contributed by atoms with E-state index in [1.165, 1.54) is 12.1 Å². The summed E-state index contributed by atoms with van der Waals surface area (Å²) in [5, 5.41) is 10.6. The predicted molar refractivity (Wildman–Crippen MR) is 59.8 cm³/mol. The van der Waals surface area contributed by atoms with Crippen molar-refractivity contribution in [2.75, 3.05) is 5.73 Å². The summed E-state index contributed by atoms with van der Waals surface area (Å²) in [6, 6.07) is 6.05. The standard InChI is InChI=1S/C12H7NO4/c13-8-4-7-9-5(10(8)14)2-1-3-6(9)11(15)17-12(7)16/h1-4,14H,13H2. The second-order valence-electron chi connectivity index (χ2n) is 3.77. The molecule has 3 N–H and O–H groups in total. The van der Waals surface area contributed by atoms with Crippen molar-refractivity contribution in [2.24, 2.45) is 0 Å². The van der Waals surface area contributed by atoms with Crippen molar-refractivity contribution in [2.45, 2.75) is 0 Å². The Morgan fingerprint density at radius 3 is 2.59 bits per heavy atom. The second kappa shape index (κ2) is 2.98. The van der Waals surface area contributed by atoms with Crippen LogP contribution in [0.5, 0.6) is 5.75 Å². The van der Waals surface area contributed by atoms with Crippen molar-refractivity contribution in [1.29, 1.82) is 0 Å². The number of rotatable bonds is 0. The first-order chi connectivity index (χ1) is 8.09. The van der Waals surface area contributed by atoms with Crippen LogP contribution in [0.15, 0.2) is 24.3 Å². The molecule has 0 radical (unpaired) electrons. The number of cyclic esters (lactones) is 2. The Hall–Kier alpha value is -2.56. The van der Waals surface area contributed by atoms with Gasteiger partial charge < -0.3 is 15.6 Å². The molecule has 0 spiro atoms. The summed E-state index contributed by atoms with van der Waals surface area (Å²) >= 11 is 0. The molecular formula is C12H7NO4. The van der Waals surface area contributed by atoms with Gasteiger partial charge in [-0.2, -0.15) is 0 Å². The first-order valence-corrected chi connectivity index (χ1v) is 4.90. The van der Waals surface area contributed by atoms with E-state index >= 15 is 0 Å². The van der Waals surface area contributed by atoms with E-state index in [0.29, 0.717) is 10.8 Å². The fourth-order valence-electron chi connectivity index (χ4n) is 2.02. The Kier molecular flexibility index (Phi) is 1.69. The summed E-state index contributed by atoms with van der Waals surface area (Å²) in [6.45, 7) is 0. The molecule has 0 bridgehead atoms. The first-order valence-electron chi connectivity index (χ1n) is 4.90. The molecule has 0 amide bonds. The van der Waals surface area contributed by atoms with Crippen LogP contribution in [-0.2, 0) is 4.74 Å². The topological polar surface area (TPSA) is 89.6 Å². The van der Waals surface area contributed by atoms with E-state index in [-0.39, 0.29) is 22.6 Å². The van der Waals surface area contributed by atoms with Crippen LogP contribution < -0.4 is 5.73 Å². The van der Waals surface area contributed by atoms with Gasteiger partial charge in [0.1, 0.15) is 5.75 Å². The molecule has 1 heterocycles. The third-order valence-electron chi connectivity index (χ3n) is 2.79. The number of hydrogen-bond acceptors (Lipinski definition) is 5. The van der Waals surface area contributed by atoms with Gasteiger partial charge in [0, 0.05) is 10.8 Å². The summed E-state index contributed by atoms with van der Waals surface area (Å²) in [7, 11) is 0. The molecule has 3 rings (SSSR count). The van der Waals surface area contributed by atoms with E-state index in [4.69, 9.17) is 5.73 Å². The lowest BCUT2D eigenvalue weighted by Gasteiger charge is -2.16. The average Bonchev–Trinajstić information content (AvgIpc) is 2.31. The maximum absolute atomic E-state index is 11.6. The van der Waals surface area contributed by atoms with E-state index in [9.17, 15) is 14.7 Å². The quantitative estimate of drug-likeness (QED) is 0.309. The van der Waals surface area contributed by atoms with Crippen LogP contribution in [0.25, 0.3) is 10.8 Å². The number of ether oxygens (including phenoxy) is 1. The van der Waals surface area contributed by atoms with Crippen LogP contribution in [0.3, 0.4) is 0 Å². The number of nitrogen functional groups attached to an aromatic ring is 1. The largest absolute Gasteiger partial charge is 0.505 e. The molecule has 17 heavy (non-hydrogen) atoms. The Morgan fingerprint density at radius 2 is 1.82 bits per heavy atom. The average molecular weight is 229 g/mol. The second-order valence-corrected chi connectivity index (χ2v) is 3.77. The number of anilines is 1. The summed E-state index contributed by atoms with van der Waals surface area (Å²) in [6.07, 6.45) is 0. The Balaban J connectivity index is 2.59. The SMILES string of the molecule is Nc1cc2c3c(cccc3c1O)C(=O)OC2=O. The maximum Gasteiger partial charge on any atom is 0.346 e. The number of aromatic hydroxyl groups is 1. The molecule has 2 aromatic carbocycles. The van der Waals surface area contributed by atoms with Gasteiger partial charge in [-0.15, -0.1) is 0 Å². The minimum Gasteiger partial charge on any atom is -0.505 e. The summed E-state index contributed by atoms with van der Waals surface area (Å²) in [5.74, 6) is -1.59. The minimum absolute atomic E-state index is 0.0796. The molecule has 2 aromatic rings. The molecule has 84 valence electrons. The van der Waals surface area contributed by atoms with Crippen molar-refractivity contribution in [3.05, 3.63) is 35.4 Å². The molecule has 0 fully saturated rings. The lowest BCUT2D eigenvalue weighted by Crippen LogP contribution is -2.19. The lowest BCUT2D eigenvalue weighted by molar-refractivity contribution is 0.0391. The smallest absolute Gasteiger partial charge is 0.346 e. The third kappa shape index (κ3) is 1.13. The number of carbonyl (C=O) groups is 2. The number of benzene rings is 2. The van der Waals surface area contributed by atoms with Crippen molar-refractivity contribution in [1.82, 2.24) is 0 Å². The summed E-state index contributed by atoms with van der Waals surface area (Å²) < 4.78 is 4.58. The van der Waals surface area contributed by atoms with E-state index in [1.807, 2.05) is 0 Å². The van der Waals surface area contributed by atoms with Crippen LogP contribution >= 0.6 is 0 Å². The third-order valence-corrected chi connectivity index (χ3v) is 2.79. The van der Waals surface area contributed by atoms with Crippen LogP contribution in [-0.4, -0.2) is 17.0 Å². The monoisotopic (exact) mass is 229 g/mol. The van der Waals surface area contributed by atoms with Gasteiger partial charge >= 0.3 is 11.9 Å². The number of hydrogen-bond donors (Lipinski definition) is 2. The fraction of sp³-hybridized carbons (Fsp3) is 0. The van der Waals surface area contributed by atoms with Gasteiger partial charge in [0.2, 0.25) is 0 Å². The number of nitrogens with two attached hydrogens (primary N) is 1. The molecule has 0 unspecified atom stereocenters. The van der Waals surface area contributed by atoms with Crippen molar-refractivity contribution in [3.8, 4) is 5.75 Å². The highest BCUT2D eigenvalue weighted by atomic mass is 16.6. The number of phenolic OH excluding ortho intramolecular Hbond substituents is 1. The molecule has 0 atom stereocenters. The molecule has 0 aromatic heterocycles. The molecule has 5 nitrogen and oxygen atoms in total. The fourth-order valence-corrected chi connectivity index (χ4v) is 2.02. The predicted octanol–water partition coefficient (Wildman–Crippen LogP) is 1.44. The van der Waals surface area contributed by atoms with E-state index in [1.54, 1.807) is 12.1 Å². The Bertz CT molecular complexity index is 690. The number of carbonyl (C=O) groups excluding carboxylic acids is 2. The highest BCUT2D eigenvalue weighted by molar-refractivity contribution is 6.22. The van der Waals surface area contributed by atoms with Gasteiger partial charge in [-0.1, -0.05) is 12.1 Å². The van der Waals surface area contributed by atoms with Gasteiger partial charge in [-0.25, -0.2) is 9.59 Å². The highest BCUT2D eigenvalue weighted by Crippen LogP contribution is 2.37. The van der Waals surface area contributed by atoms with Crippen LogP contribution in [0, 0.1) is 0 Å². The molecule has 1 aliphatic heterocycles. The van der Waals surface area contributed by atoms with Gasteiger partial charge in [-0.05, 0) is 12.1 Å². The highest BCUT2D eigenvalue weighted by Gasteiger charge is 2.28. The van der Waals surface area contributed by atoms with Crippen LogP contribution in [0.2, 0.25) is 0 Å². The zero-order valence-corrected chi connectivity index (χ0v) is 8.56. The molecule has 0 aliphatic carbocycles. The lowest BCUT2D eigenvalue weighted by atomic mass is 9.96. The van der Waals surface area contributed by atoms with E-state index < -0.39 is 11.9 Å². The zero-order chi connectivity index (χ0) is 12.2. The molecular weight excluding hydrogens is 222 g/mol. The Morgan fingerprint density at radius 1 is 1.12 bits per heavy atom. The van der Waals surface area contributed by atoms with Crippen LogP contribution in [0.1, 0.15) is 20.7 Å². The Labute approximate surface area is 95.4 Å². The van der Waals surface area contributed by atoms with E-state index in [2.05, 4.69) is 4.74 Å². The van der Waals surface area contributed by atoms with Crippen molar-refractivity contribution in [3.63, 3.8) is 0 Å². The maximum atomic E-state index is 11.6. The van der Waals surface area contributed by atoms with Gasteiger partial charge in [0.25, 0.3) is 0 Å². The molecule has 0 saturated carbocycles. The summed E-state index contributed by atoms with van der Waals surface area (Å²) in [5.41, 5.74) is 6.13. The van der Waals surface area contributed by atoms with Crippen molar-refractivity contribution < 1.29 is 19.4 Å². The van der Waals surface area contributed by atoms with Crippen LogP contribution in [0.4, 0.5) is 5.69 Å². The van der Waals surface area contributed by atoms with Gasteiger partial charge in [-0.3, -0.25) is 0 Å². The minimum atomic E-state index is -0.745. The number of esters is 2. The zero-order valence-electron chi connectivity index (χ0n) is 8.56. The first kappa shape index (κ1) is 9.65. The molecule has 5 heteroatoms. The summed E-state index contributed by atoms with van der Waals surface area (Å²) in [4.78, 5) is 23.1. The normalized spacial score (nSPS) is 13.9. The molecule has 1 aliphatic rings. The van der Waals surface area contributed by atoms with Gasteiger partial charge in [0.15, 0.2) is 0 Å². The van der Waals surface area contributed by atoms with Crippen molar-refractivity contribution >= 4 is 28.4 Å². The van der Waals surface area contributed by atoms with Gasteiger partial charge in [0.05, 0.1) is 16.8 Å².